The fraction of sp³-hybridized carbons (Fsp3) is 0.333. The van der Waals surface area contributed by atoms with Crippen LogP contribution >= 0.6 is 0 Å². The summed E-state index contributed by atoms with van der Waals surface area (Å²) in [6.07, 6.45) is -2.85. The third-order valence-corrected chi connectivity index (χ3v) is 2.07. The summed E-state index contributed by atoms with van der Waals surface area (Å²) in [7, 11) is 0. The molecule has 0 saturated heterocycles. The summed E-state index contributed by atoms with van der Waals surface area (Å²) >= 11 is 0. The van der Waals surface area contributed by atoms with E-state index in [2.05, 4.69) is 10.1 Å². The van der Waals surface area contributed by atoms with Crippen molar-refractivity contribution >= 4 is 0 Å². The second-order valence-electron chi connectivity index (χ2n) is 3.28. The number of rotatable bonds is 1. The summed E-state index contributed by atoms with van der Waals surface area (Å²) in [5.74, 6) is 0.569. The molecule has 6 heteroatoms. The molecule has 0 radical (unpaired) electrons. The van der Waals surface area contributed by atoms with Crippen molar-refractivity contribution in [3.8, 4) is 5.69 Å². The molecule has 2 aromatic rings. The predicted molar refractivity (Wildman–Crippen MR) is 62.4 cm³/mol. The molecule has 0 bridgehead atoms. The van der Waals surface area contributed by atoms with Gasteiger partial charge in [-0.15, -0.1) is 0 Å². The number of aryl methyl sites for hydroxylation is 1. The Balaban J connectivity index is 0.000000771. The zero-order valence-corrected chi connectivity index (χ0v) is 10.4. The maximum atomic E-state index is 12.3. The van der Waals surface area contributed by atoms with Crippen molar-refractivity contribution in [2.75, 3.05) is 0 Å². The van der Waals surface area contributed by atoms with E-state index < -0.39 is 11.7 Å². The van der Waals surface area contributed by atoms with E-state index in [4.69, 9.17) is 0 Å². The molecule has 0 saturated carbocycles. The van der Waals surface area contributed by atoms with Crippen LogP contribution in [0.4, 0.5) is 13.2 Å². The average molecular weight is 257 g/mol. The fourth-order valence-electron chi connectivity index (χ4n) is 1.27. The molecule has 2 rings (SSSR count). The number of nitrogens with zero attached hydrogens (tertiary/aromatic N) is 3. The lowest BCUT2D eigenvalue weighted by molar-refractivity contribution is -0.137. The normalized spacial score (nSPS) is 10.8. The van der Waals surface area contributed by atoms with Crippen LogP contribution in [0.25, 0.3) is 5.69 Å². The van der Waals surface area contributed by atoms with Gasteiger partial charge in [-0.05, 0) is 31.2 Å². The van der Waals surface area contributed by atoms with Gasteiger partial charge in [-0.3, -0.25) is 0 Å². The van der Waals surface area contributed by atoms with E-state index in [-0.39, 0.29) is 0 Å². The van der Waals surface area contributed by atoms with Crippen molar-refractivity contribution in [1.29, 1.82) is 0 Å². The first-order chi connectivity index (χ1) is 8.47. The highest BCUT2D eigenvalue weighted by atomic mass is 19.4. The van der Waals surface area contributed by atoms with E-state index in [9.17, 15) is 13.2 Å². The minimum atomic E-state index is -4.31. The van der Waals surface area contributed by atoms with Crippen LogP contribution in [0.5, 0.6) is 0 Å². The lowest BCUT2D eigenvalue weighted by Crippen LogP contribution is -2.05. The molecule has 0 fully saturated rings. The molecule has 1 heterocycles. The van der Waals surface area contributed by atoms with E-state index in [0.29, 0.717) is 11.5 Å². The van der Waals surface area contributed by atoms with Crippen molar-refractivity contribution in [1.82, 2.24) is 14.8 Å². The Labute approximate surface area is 103 Å². The number of aromatic nitrogens is 3. The Kier molecular flexibility index (Phi) is 4.47. The van der Waals surface area contributed by atoms with E-state index in [0.717, 1.165) is 12.1 Å². The van der Waals surface area contributed by atoms with Gasteiger partial charge in [0, 0.05) is 0 Å². The highest BCUT2D eigenvalue weighted by molar-refractivity contribution is 5.34. The Morgan fingerprint density at radius 2 is 1.61 bits per heavy atom. The standard InChI is InChI=1S/C10H8F3N3.C2H6/c1-7-14-6-16(15-7)9-4-2-8(3-5-9)10(11,12)13;1-2/h2-6H,1H3;1-2H3. The molecule has 0 atom stereocenters. The summed E-state index contributed by atoms with van der Waals surface area (Å²) in [6, 6.07) is 4.76. The molecule has 0 unspecified atom stereocenters. The van der Waals surface area contributed by atoms with Gasteiger partial charge in [-0.1, -0.05) is 13.8 Å². The van der Waals surface area contributed by atoms with Gasteiger partial charge < -0.3 is 0 Å². The zero-order valence-electron chi connectivity index (χ0n) is 10.4. The fourth-order valence-corrected chi connectivity index (χ4v) is 1.27. The molecule has 18 heavy (non-hydrogen) atoms. The summed E-state index contributed by atoms with van der Waals surface area (Å²) in [5.41, 5.74) is -0.123. The van der Waals surface area contributed by atoms with Crippen molar-refractivity contribution in [2.45, 2.75) is 26.9 Å². The predicted octanol–water partition coefficient (Wildman–Crippen LogP) is 3.62. The molecule has 0 aliphatic carbocycles. The molecule has 0 spiro atoms. The lowest BCUT2D eigenvalue weighted by Gasteiger charge is -2.07. The Hall–Kier alpha value is -1.85. The van der Waals surface area contributed by atoms with Crippen molar-refractivity contribution in [3.05, 3.63) is 42.0 Å². The minimum Gasteiger partial charge on any atom is -0.221 e. The first kappa shape index (κ1) is 14.2. The van der Waals surface area contributed by atoms with Crippen LogP contribution in [0.3, 0.4) is 0 Å². The number of benzene rings is 1. The highest BCUT2D eigenvalue weighted by Crippen LogP contribution is 2.29. The molecule has 0 N–H and O–H groups in total. The van der Waals surface area contributed by atoms with Crippen LogP contribution in [0.15, 0.2) is 30.6 Å². The second-order valence-corrected chi connectivity index (χ2v) is 3.28. The van der Waals surface area contributed by atoms with Crippen LogP contribution in [-0.4, -0.2) is 14.8 Å². The number of halogens is 3. The van der Waals surface area contributed by atoms with Gasteiger partial charge in [0.2, 0.25) is 0 Å². The third kappa shape index (κ3) is 3.32. The van der Waals surface area contributed by atoms with Crippen LogP contribution in [0, 0.1) is 6.92 Å². The van der Waals surface area contributed by atoms with Crippen molar-refractivity contribution in [2.24, 2.45) is 0 Å². The third-order valence-electron chi connectivity index (χ3n) is 2.07. The molecule has 3 nitrogen and oxygen atoms in total. The monoisotopic (exact) mass is 257 g/mol. The highest BCUT2D eigenvalue weighted by Gasteiger charge is 2.29. The Bertz CT molecular complexity index is 486. The lowest BCUT2D eigenvalue weighted by atomic mass is 10.2. The summed E-state index contributed by atoms with van der Waals surface area (Å²) in [4.78, 5) is 3.89. The second kappa shape index (κ2) is 5.66. The van der Waals surface area contributed by atoms with Crippen LogP contribution in [0.1, 0.15) is 25.2 Å². The van der Waals surface area contributed by atoms with E-state index >= 15 is 0 Å². The number of alkyl halides is 3. The SMILES string of the molecule is CC.Cc1ncn(-c2ccc(C(F)(F)F)cc2)n1. The molecule has 0 amide bonds. The molecule has 98 valence electrons. The maximum Gasteiger partial charge on any atom is 0.416 e. The van der Waals surface area contributed by atoms with Gasteiger partial charge in [0.25, 0.3) is 0 Å². The van der Waals surface area contributed by atoms with Gasteiger partial charge in [0.15, 0.2) is 0 Å². The first-order valence-electron chi connectivity index (χ1n) is 5.53. The first-order valence-corrected chi connectivity index (χ1v) is 5.53. The topological polar surface area (TPSA) is 30.7 Å². The quantitative estimate of drug-likeness (QED) is 0.781. The molecule has 1 aromatic carbocycles. The van der Waals surface area contributed by atoms with Gasteiger partial charge >= 0.3 is 6.18 Å². The average Bonchev–Trinajstić information content (AvgIpc) is 2.78. The summed E-state index contributed by atoms with van der Waals surface area (Å²) in [5, 5.41) is 4.00. The van der Waals surface area contributed by atoms with Crippen molar-refractivity contribution in [3.63, 3.8) is 0 Å². The molecule has 0 aliphatic heterocycles. The molecular weight excluding hydrogens is 243 g/mol. The van der Waals surface area contributed by atoms with Crippen molar-refractivity contribution < 1.29 is 13.2 Å². The van der Waals surface area contributed by atoms with Crippen LogP contribution in [0.2, 0.25) is 0 Å². The number of hydrogen-bond donors (Lipinski definition) is 0. The van der Waals surface area contributed by atoms with Gasteiger partial charge in [0.1, 0.15) is 12.2 Å². The molecular formula is C12H14F3N3. The van der Waals surface area contributed by atoms with E-state index in [1.807, 2.05) is 13.8 Å². The smallest absolute Gasteiger partial charge is 0.221 e. The largest absolute Gasteiger partial charge is 0.416 e. The Morgan fingerprint density at radius 1 is 1.06 bits per heavy atom. The van der Waals surface area contributed by atoms with E-state index in [1.165, 1.54) is 23.1 Å². The van der Waals surface area contributed by atoms with Gasteiger partial charge in [-0.25, -0.2) is 9.67 Å². The molecule has 1 aromatic heterocycles. The zero-order chi connectivity index (χ0) is 13.8. The molecule has 0 aliphatic rings. The minimum absolute atomic E-state index is 0.550. The van der Waals surface area contributed by atoms with E-state index in [1.54, 1.807) is 6.92 Å². The number of hydrogen-bond acceptors (Lipinski definition) is 2. The van der Waals surface area contributed by atoms with Gasteiger partial charge in [0.05, 0.1) is 11.3 Å². The maximum absolute atomic E-state index is 12.3. The summed E-state index contributed by atoms with van der Waals surface area (Å²) in [6.45, 7) is 5.71. The van der Waals surface area contributed by atoms with Gasteiger partial charge in [-0.2, -0.15) is 18.3 Å². The summed E-state index contributed by atoms with van der Waals surface area (Å²) < 4.78 is 38.3. The Morgan fingerprint density at radius 3 is 2.00 bits per heavy atom. The van der Waals surface area contributed by atoms with Crippen LogP contribution < -0.4 is 0 Å². The van der Waals surface area contributed by atoms with Crippen LogP contribution in [-0.2, 0) is 6.18 Å².